The molecule has 0 bridgehead atoms. The van der Waals surface area contributed by atoms with Gasteiger partial charge in [0.05, 0.1) is 25.5 Å². The smallest absolute Gasteiger partial charge is 0.261 e. The molecule has 7 heteroatoms. The van der Waals surface area contributed by atoms with Gasteiger partial charge in [-0.05, 0) is 24.3 Å². The van der Waals surface area contributed by atoms with Gasteiger partial charge in [0.15, 0.2) is 11.5 Å². The van der Waals surface area contributed by atoms with Crippen molar-refractivity contribution in [3.63, 3.8) is 0 Å². The van der Waals surface area contributed by atoms with Crippen LogP contribution in [-0.2, 0) is 0 Å². The third-order valence-corrected chi connectivity index (χ3v) is 3.32. The molecular formula is C17H15N3O4. The van der Waals surface area contributed by atoms with Crippen molar-refractivity contribution in [2.45, 2.75) is 0 Å². The number of hydrogen-bond acceptors (Lipinski definition) is 6. The van der Waals surface area contributed by atoms with Gasteiger partial charge in [-0.15, -0.1) is 0 Å². The molecule has 0 saturated carbocycles. The van der Waals surface area contributed by atoms with Crippen molar-refractivity contribution in [3.8, 4) is 22.9 Å². The van der Waals surface area contributed by atoms with E-state index >= 15 is 0 Å². The van der Waals surface area contributed by atoms with E-state index in [1.54, 1.807) is 42.6 Å². The van der Waals surface area contributed by atoms with Crippen LogP contribution in [0.4, 0.5) is 5.88 Å². The molecule has 1 amide bonds. The highest BCUT2D eigenvalue weighted by atomic mass is 16.5. The normalized spacial score (nSPS) is 10.2. The predicted molar refractivity (Wildman–Crippen MR) is 87.2 cm³/mol. The first kappa shape index (κ1) is 15.5. The number of amides is 1. The summed E-state index contributed by atoms with van der Waals surface area (Å²) in [5, 5.41) is 6.54. The molecule has 122 valence electrons. The first-order chi connectivity index (χ1) is 11.7. The molecule has 3 rings (SSSR count). The lowest BCUT2D eigenvalue weighted by molar-refractivity contribution is 0.102. The van der Waals surface area contributed by atoms with Gasteiger partial charge in [0, 0.05) is 12.3 Å². The third-order valence-electron chi connectivity index (χ3n) is 3.32. The summed E-state index contributed by atoms with van der Waals surface area (Å²) in [6, 6.07) is 12.1. The highest BCUT2D eigenvalue weighted by Crippen LogP contribution is 2.31. The number of carbonyl (C=O) groups is 1. The Bertz CT molecular complexity index is 846. The maximum atomic E-state index is 12.5. The summed E-state index contributed by atoms with van der Waals surface area (Å²) in [6.07, 6.45) is 1.66. The first-order valence-corrected chi connectivity index (χ1v) is 7.13. The largest absolute Gasteiger partial charge is 0.493 e. The van der Waals surface area contributed by atoms with Crippen molar-refractivity contribution in [2.24, 2.45) is 0 Å². The summed E-state index contributed by atoms with van der Waals surface area (Å²) in [7, 11) is 2.98. The zero-order valence-electron chi connectivity index (χ0n) is 13.1. The Morgan fingerprint density at radius 1 is 1.08 bits per heavy atom. The second kappa shape index (κ2) is 6.82. The number of ether oxygens (including phenoxy) is 2. The number of aromatic nitrogens is 2. The van der Waals surface area contributed by atoms with Crippen molar-refractivity contribution < 1.29 is 18.8 Å². The van der Waals surface area contributed by atoms with E-state index < -0.39 is 5.91 Å². The number of nitrogens with zero attached hydrogens (tertiary/aromatic N) is 2. The van der Waals surface area contributed by atoms with Crippen LogP contribution in [-0.4, -0.2) is 30.3 Å². The van der Waals surface area contributed by atoms with E-state index in [0.29, 0.717) is 28.5 Å². The van der Waals surface area contributed by atoms with E-state index in [4.69, 9.17) is 14.0 Å². The molecule has 7 nitrogen and oxygen atoms in total. The number of pyridine rings is 1. The number of hydrogen-bond donors (Lipinski definition) is 1. The van der Waals surface area contributed by atoms with Crippen LogP contribution in [0.2, 0.25) is 0 Å². The van der Waals surface area contributed by atoms with E-state index in [2.05, 4.69) is 15.5 Å². The Morgan fingerprint density at radius 2 is 1.96 bits per heavy atom. The zero-order chi connectivity index (χ0) is 16.9. The van der Waals surface area contributed by atoms with Gasteiger partial charge in [-0.3, -0.25) is 15.1 Å². The van der Waals surface area contributed by atoms with Crippen LogP contribution in [0.5, 0.6) is 11.5 Å². The van der Waals surface area contributed by atoms with Crippen LogP contribution < -0.4 is 14.8 Å². The van der Waals surface area contributed by atoms with Crippen molar-refractivity contribution in [2.75, 3.05) is 19.5 Å². The van der Waals surface area contributed by atoms with Crippen LogP contribution in [0.25, 0.3) is 11.4 Å². The number of nitrogens with one attached hydrogen (secondary N) is 1. The van der Waals surface area contributed by atoms with Crippen molar-refractivity contribution >= 4 is 11.8 Å². The Labute approximate surface area is 138 Å². The Balaban J connectivity index is 1.82. The molecule has 0 fully saturated rings. The van der Waals surface area contributed by atoms with Gasteiger partial charge in [0.2, 0.25) is 5.88 Å². The van der Waals surface area contributed by atoms with Crippen LogP contribution in [0.1, 0.15) is 10.4 Å². The highest BCUT2D eigenvalue weighted by Gasteiger charge is 2.18. The molecule has 0 spiro atoms. The number of benzene rings is 1. The predicted octanol–water partition coefficient (Wildman–Crippen LogP) is 3.01. The van der Waals surface area contributed by atoms with E-state index in [1.165, 1.54) is 14.2 Å². The fourth-order valence-corrected chi connectivity index (χ4v) is 2.21. The molecular weight excluding hydrogens is 310 g/mol. The first-order valence-electron chi connectivity index (χ1n) is 7.13. The van der Waals surface area contributed by atoms with Gasteiger partial charge >= 0.3 is 0 Å². The van der Waals surface area contributed by atoms with E-state index in [0.717, 1.165) is 0 Å². The molecule has 0 aliphatic heterocycles. The number of anilines is 1. The standard InChI is InChI=1S/C17H15N3O4/c1-22-14-8-5-6-11(16(14)23-2)17(21)19-15-10-13(20-24-15)12-7-3-4-9-18-12/h3-10H,1-2H3,(H,19,21). The minimum Gasteiger partial charge on any atom is -0.493 e. The van der Waals surface area contributed by atoms with Crippen LogP contribution in [0.3, 0.4) is 0 Å². The quantitative estimate of drug-likeness (QED) is 0.776. The summed E-state index contributed by atoms with van der Waals surface area (Å²) in [5.41, 5.74) is 1.51. The lowest BCUT2D eigenvalue weighted by atomic mass is 10.1. The number of para-hydroxylation sites is 1. The van der Waals surface area contributed by atoms with Gasteiger partial charge in [-0.2, -0.15) is 0 Å². The minimum atomic E-state index is -0.394. The SMILES string of the molecule is COc1cccc(C(=O)Nc2cc(-c3ccccn3)no2)c1OC. The summed E-state index contributed by atoms with van der Waals surface area (Å²) >= 11 is 0. The maximum absolute atomic E-state index is 12.5. The molecule has 0 aliphatic carbocycles. The van der Waals surface area contributed by atoms with Crippen molar-refractivity contribution in [3.05, 3.63) is 54.2 Å². The zero-order valence-corrected chi connectivity index (χ0v) is 13.1. The van der Waals surface area contributed by atoms with Crippen LogP contribution >= 0.6 is 0 Å². The molecule has 1 aromatic carbocycles. The lowest BCUT2D eigenvalue weighted by Gasteiger charge is -2.11. The number of carbonyl (C=O) groups excluding carboxylic acids is 1. The van der Waals surface area contributed by atoms with E-state index in [-0.39, 0.29) is 5.88 Å². The van der Waals surface area contributed by atoms with Gasteiger partial charge in [0.25, 0.3) is 5.91 Å². The third kappa shape index (κ3) is 3.05. The average Bonchev–Trinajstić information content (AvgIpc) is 3.10. The summed E-state index contributed by atoms with van der Waals surface area (Å²) < 4.78 is 15.6. The summed E-state index contributed by atoms with van der Waals surface area (Å²) in [6.45, 7) is 0. The molecule has 24 heavy (non-hydrogen) atoms. The number of methoxy groups -OCH3 is 2. The second-order valence-corrected chi connectivity index (χ2v) is 4.79. The molecule has 0 aliphatic rings. The monoisotopic (exact) mass is 325 g/mol. The molecule has 0 saturated heterocycles. The van der Waals surface area contributed by atoms with Crippen LogP contribution in [0.15, 0.2) is 53.2 Å². The van der Waals surface area contributed by atoms with Gasteiger partial charge in [-0.25, -0.2) is 0 Å². The van der Waals surface area contributed by atoms with Crippen molar-refractivity contribution in [1.29, 1.82) is 0 Å². The fourth-order valence-electron chi connectivity index (χ4n) is 2.21. The highest BCUT2D eigenvalue weighted by molar-refractivity contribution is 6.06. The minimum absolute atomic E-state index is 0.213. The average molecular weight is 325 g/mol. The molecule has 2 heterocycles. The summed E-state index contributed by atoms with van der Waals surface area (Å²) in [4.78, 5) is 16.6. The van der Waals surface area contributed by atoms with Crippen LogP contribution in [0, 0.1) is 0 Å². The second-order valence-electron chi connectivity index (χ2n) is 4.79. The molecule has 1 N–H and O–H groups in total. The van der Waals surface area contributed by atoms with E-state index in [1.807, 2.05) is 6.07 Å². The van der Waals surface area contributed by atoms with Gasteiger partial charge in [0.1, 0.15) is 5.69 Å². The van der Waals surface area contributed by atoms with E-state index in [9.17, 15) is 4.79 Å². The Hall–Kier alpha value is -3.35. The summed E-state index contributed by atoms with van der Waals surface area (Å²) in [5.74, 6) is 0.638. The molecule has 3 aromatic rings. The molecule has 0 atom stereocenters. The maximum Gasteiger partial charge on any atom is 0.261 e. The topological polar surface area (TPSA) is 86.5 Å². The molecule has 0 unspecified atom stereocenters. The Kier molecular flexibility index (Phi) is 4.42. The van der Waals surface area contributed by atoms with Crippen molar-refractivity contribution in [1.82, 2.24) is 10.1 Å². The van der Waals surface area contributed by atoms with Gasteiger partial charge in [-0.1, -0.05) is 17.3 Å². The lowest BCUT2D eigenvalue weighted by Crippen LogP contribution is -2.13. The molecule has 2 aromatic heterocycles. The van der Waals surface area contributed by atoms with Gasteiger partial charge < -0.3 is 14.0 Å². The number of rotatable bonds is 5. The molecule has 0 radical (unpaired) electrons. The Morgan fingerprint density at radius 3 is 2.67 bits per heavy atom. The fraction of sp³-hybridized carbons (Fsp3) is 0.118.